The molecule has 2 heterocycles. The lowest BCUT2D eigenvalue weighted by Crippen LogP contribution is -2.23. The van der Waals surface area contributed by atoms with Crippen LogP contribution in [0.5, 0.6) is 0 Å². The van der Waals surface area contributed by atoms with Crippen LogP contribution in [0.15, 0.2) is 65.5 Å². The zero-order chi connectivity index (χ0) is 17.4. The van der Waals surface area contributed by atoms with Crippen LogP contribution in [0.25, 0.3) is 33.4 Å². The second-order valence-electron chi connectivity index (χ2n) is 6.07. The molecule has 0 bridgehead atoms. The normalized spacial score (nSPS) is 11.1. The lowest BCUT2D eigenvalue weighted by molar-refractivity contribution is 0.734. The number of H-pyrrole nitrogens is 1. The molecule has 0 unspecified atom stereocenters. The summed E-state index contributed by atoms with van der Waals surface area (Å²) < 4.78 is 1.74. The summed E-state index contributed by atoms with van der Waals surface area (Å²) in [5.41, 5.74) is 5.44. The average Bonchev–Trinajstić information content (AvgIpc) is 3.00. The van der Waals surface area contributed by atoms with Crippen LogP contribution in [0.1, 0.15) is 12.6 Å². The van der Waals surface area contributed by atoms with Gasteiger partial charge in [-0.2, -0.15) is 4.98 Å². The number of aromatic nitrogens is 3. The van der Waals surface area contributed by atoms with Crippen molar-refractivity contribution in [3.8, 4) is 22.5 Å². The van der Waals surface area contributed by atoms with E-state index in [-0.39, 0.29) is 5.69 Å². The molecule has 0 saturated heterocycles. The van der Waals surface area contributed by atoms with Crippen LogP contribution in [0.2, 0.25) is 0 Å². The highest BCUT2D eigenvalue weighted by Gasteiger charge is 2.19. The second-order valence-corrected chi connectivity index (χ2v) is 6.07. The Hall–Kier alpha value is -3.14. The molecule has 0 aliphatic carbocycles. The third kappa shape index (κ3) is 2.47. The fourth-order valence-corrected chi connectivity index (χ4v) is 3.39. The van der Waals surface area contributed by atoms with Crippen molar-refractivity contribution in [1.82, 2.24) is 14.5 Å². The highest BCUT2D eigenvalue weighted by molar-refractivity contribution is 6.02. The highest BCUT2D eigenvalue weighted by atomic mass is 16.1. The smallest absolute Gasteiger partial charge is 0.348 e. The van der Waals surface area contributed by atoms with E-state index < -0.39 is 0 Å². The molecule has 0 atom stereocenters. The number of aryl methyl sites for hydroxylation is 2. The number of nitrogens with zero attached hydrogens (tertiary/aromatic N) is 2. The zero-order valence-electron chi connectivity index (χ0n) is 14.3. The van der Waals surface area contributed by atoms with E-state index in [1.54, 1.807) is 4.57 Å². The summed E-state index contributed by atoms with van der Waals surface area (Å²) in [7, 11) is 0. The van der Waals surface area contributed by atoms with Crippen molar-refractivity contribution in [3.63, 3.8) is 0 Å². The molecule has 0 aliphatic heterocycles. The summed E-state index contributed by atoms with van der Waals surface area (Å²) in [5.74, 6) is 0. The molecule has 0 spiro atoms. The first-order valence-electron chi connectivity index (χ1n) is 8.44. The van der Waals surface area contributed by atoms with E-state index in [1.807, 2.05) is 62.4 Å². The molecular formula is C21H19N3O. The average molecular weight is 329 g/mol. The van der Waals surface area contributed by atoms with Crippen LogP contribution in [-0.4, -0.2) is 14.5 Å². The van der Waals surface area contributed by atoms with Crippen molar-refractivity contribution in [2.75, 3.05) is 0 Å². The van der Waals surface area contributed by atoms with Gasteiger partial charge in [-0.05, 0) is 13.8 Å². The van der Waals surface area contributed by atoms with Gasteiger partial charge in [0.2, 0.25) is 0 Å². The van der Waals surface area contributed by atoms with E-state index in [1.165, 1.54) is 0 Å². The van der Waals surface area contributed by atoms with E-state index in [0.29, 0.717) is 6.54 Å². The Balaban J connectivity index is 2.15. The molecule has 0 amide bonds. The van der Waals surface area contributed by atoms with Crippen molar-refractivity contribution in [2.45, 2.75) is 20.4 Å². The lowest BCUT2D eigenvalue weighted by Gasteiger charge is -2.10. The topological polar surface area (TPSA) is 50.7 Å². The highest BCUT2D eigenvalue weighted by Crippen LogP contribution is 2.34. The Morgan fingerprint density at radius 1 is 0.960 bits per heavy atom. The maximum absolute atomic E-state index is 12.7. The third-order valence-corrected chi connectivity index (χ3v) is 4.53. The molecule has 124 valence electrons. The predicted molar refractivity (Wildman–Crippen MR) is 102 cm³/mol. The van der Waals surface area contributed by atoms with Gasteiger partial charge in [-0.25, -0.2) is 4.79 Å². The van der Waals surface area contributed by atoms with Crippen LogP contribution in [0.4, 0.5) is 0 Å². The number of benzene rings is 2. The van der Waals surface area contributed by atoms with Gasteiger partial charge in [0.15, 0.2) is 0 Å². The van der Waals surface area contributed by atoms with Gasteiger partial charge >= 0.3 is 5.69 Å². The van der Waals surface area contributed by atoms with E-state index in [0.717, 1.165) is 39.1 Å². The molecule has 25 heavy (non-hydrogen) atoms. The van der Waals surface area contributed by atoms with E-state index in [4.69, 9.17) is 0 Å². The minimum Gasteiger partial charge on any atom is -0.356 e. The van der Waals surface area contributed by atoms with Gasteiger partial charge in [0.25, 0.3) is 0 Å². The number of fused-ring (bicyclic) bond motifs is 1. The standard InChI is InChI=1S/C21H19N3O/c1-3-24-20-17(14(2)22-19(20)16-12-8-5-9-13-16)18(23-21(24)25)15-10-6-4-7-11-15/h4-13,22H,3H2,1-2H3. The molecule has 2 aromatic carbocycles. The fraction of sp³-hybridized carbons (Fsp3) is 0.143. The second kappa shape index (κ2) is 6.06. The number of nitrogens with one attached hydrogen (secondary N) is 1. The molecule has 2 aromatic heterocycles. The van der Waals surface area contributed by atoms with E-state index in [2.05, 4.69) is 22.1 Å². The maximum atomic E-state index is 12.7. The fourth-order valence-electron chi connectivity index (χ4n) is 3.39. The first-order chi connectivity index (χ1) is 12.2. The summed E-state index contributed by atoms with van der Waals surface area (Å²) in [6, 6.07) is 20.0. The predicted octanol–water partition coefficient (Wildman–Crippen LogP) is 4.39. The molecule has 0 radical (unpaired) electrons. The summed E-state index contributed by atoms with van der Waals surface area (Å²) in [5, 5.41) is 1.01. The molecule has 4 heteroatoms. The Bertz CT molecular complexity index is 1090. The summed E-state index contributed by atoms with van der Waals surface area (Å²) in [4.78, 5) is 20.6. The van der Waals surface area contributed by atoms with E-state index >= 15 is 0 Å². The Labute approximate surface area is 145 Å². The Morgan fingerprint density at radius 3 is 2.16 bits per heavy atom. The van der Waals surface area contributed by atoms with Gasteiger partial charge < -0.3 is 4.98 Å². The third-order valence-electron chi connectivity index (χ3n) is 4.53. The molecule has 0 saturated carbocycles. The van der Waals surface area contributed by atoms with Gasteiger partial charge in [-0.3, -0.25) is 4.57 Å². The minimum absolute atomic E-state index is 0.218. The number of hydrogen-bond acceptors (Lipinski definition) is 2. The summed E-state index contributed by atoms with van der Waals surface area (Å²) >= 11 is 0. The molecule has 4 aromatic rings. The monoisotopic (exact) mass is 329 g/mol. The van der Waals surface area contributed by atoms with Crippen LogP contribution < -0.4 is 5.69 Å². The quantitative estimate of drug-likeness (QED) is 0.606. The van der Waals surface area contributed by atoms with E-state index in [9.17, 15) is 4.79 Å². The first-order valence-corrected chi connectivity index (χ1v) is 8.44. The number of rotatable bonds is 3. The van der Waals surface area contributed by atoms with Gasteiger partial charge in [0.1, 0.15) is 0 Å². The number of aromatic amines is 1. The van der Waals surface area contributed by atoms with Crippen molar-refractivity contribution in [1.29, 1.82) is 0 Å². The largest absolute Gasteiger partial charge is 0.356 e. The molecule has 0 aliphatic rings. The zero-order valence-corrected chi connectivity index (χ0v) is 14.3. The van der Waals surface area contributed by atoms with Crippen LogP contribution in [0, 0.1) is 6.92 Å². The van der Waals surface area contributed by atoms with Crippen molar-refractivity contribution in [3.05, 3.63) is 76.8 Å². The maximum Gasteiger partial charge on any atom is 0.348 e. The lowest BCUT2D eigenvalue weighted by atomic mass is 10.1. The van der Waals surface area contributed by atoms with Crippen LogP contribution in [-0.2, 0) is 6.54 Å². The summed E-state index contributed by atoms with van der Waals surface area (Å²) in [6.07, 6.45) is 0. The molecular weight excluding hydrogens is 310 g/mol. The SMILES string of the molecule is CCn1c(=O)nc(-c2ccccc2)c2c(C)[nH]c(-c3ccccc3)c21. The van der Waals surface area contributed by atoms with Gasteiger partial charge in [-0.15, -0.1) is 0 Å². The van der Waals surface area contributed by atoms with Crippen LogP contribution >= 0.6 is 0 Å². The Kier molecular flexibility index (Phi) is 3.73. The minimum atomic E-state index is -0.218. The molecule has 4 nitrogen and oxygen atoms in total. The Morgan fingerprint density at radius 2 is 1.56 bits per heavy atom. The van der Waals surface area contributed by atoms with Crippen LogP contribution in [0.3, 0.4) is 0 Å². The van der Waals surface area contributed by atoms with Crippen molar-refractivity contribution in [2.24, 2.45) is 0 Å². The molecule has 1 N–H and O–H groups in total. The molecule has 0 fully saturated rings. The van der Waals surface area contributed by atoms with Crippen molar-refractivity contribution < 1.29 is 0 Å². The van der Waals surface area contributed by atoms with Crippen molar-refractivity contribution >= 4 is 10.9 Å². The summed E-state index contributed by atoms with van der Waals surface area (Å²) in [6.45, 7) is 4.59. The van der Waals surface area contributed by atoms with Gasteiger partial charge in [0.05, 0.1) is 16.9 Å². The number of hydrogen-bond donors (Lipinski definition) is 1. The first kappa shape index (κ1) is 15.4. The van der Waals surface area contributed by atoms with Gasteiger partial charge in [0, 0.05) is 28.8 Å². The van der Waals surface area contributed by atoms with Gasteiger partial charge in [-0.1, -0.05) is 60.7 Å². The molecule has 4 rings (SSSR count).